The van der Waals surface area contributed by atoms with Gasteiger partial charge in [0, 0.05) is 5.69 Å². The van der Waals surface area contributed by atoms with Gasteiger partial charge in [0.05, 0.1) is 5.69 Å². The zero-order valence-electron chi connectivity index (χ0n) is 9.16. The normalized spacial score (nSPS) is 13.1. The number of hydrogen-bond acceptors (Lipinski definition) is 2. The van der Waals surface area contributed by atoms with E-state index >= 15 is 0 Å². The van der Waals surface area contributed by atoms with Crippen molar-refractivity contribution in [2.45, 2.75) is 26.9 Å². The molecule has 2 aromatic heterocycles. The summed E-state index contributed by atoms with van der Waals surface area (Å²) in [6, 6.07) is 1.96. The third-order valence-electron chi connectivity index (χ3n) is 2.98. The predicted molar refractivity (Wildman–Crippen MR) is 63.4 cm³/mol. The lowest BCUT2D eigenvalue weighted by atomic mass is 10.1. The van der Waals surface area contributed by atoms with Crippen molar-refractivity contribution in [1.29, 1.82) is 0 Å². The van der Waals surface area contributed by atoms with Crippen LogP contribution in [-0.4, -0.2) is 10.1 Å². The van der Waals surface area contributed by atoms with E-state index in [1.165, 1.54) is 5.56 Å². The van der Waals surface area contributed by atoms with Crippen molar-refractivity contribution in [3.63, 3.8) is 0 Å². The molecule has 2 N–H and O–H groups in total. The Hall–Kier alpha value is -1.06. The maximum absolute atomic E-state index is 10.2. The Balaban J connectivity index is 2.42. The highest BCUT2D eigenvalue weighted by Crippen LogP contribution is 2.28. The zero-order chi connectivity index (χ0) is 11.0. The van der Waals surface area contributed by atoms with Gasteiger partial charge in [-0.3, -0.25) is 0 Å². The Morgan fingerprint density at radius 1 is 1.27 bits per heavy atom. The first kappa shape index (κ1) is 10.5. The van der Waals surface area contributed by atoms with E-state index in [9.17, 15) is 5.11 Å². The molecular weight excluding hydrogens is 206 g/mol. The van der Waals surface area contributed by atoms with Crippen molar-refractivity contribution < 1.29 is 5.11 Å². The Labute approximate surface area is 93.6 Å². The number of rotatable bonds is 2. The van der Waals surface area contributed by atoms with E-state index in [0.29, 0.717) is 0 Å². The van der Waals surface area contributed by atoms with Crippen LogP contribution >= 0.6 is 11.3 Å². The van der Waals surface area contributed by atoms with Gasteiger partial charge in [-0.15, -0.1) is 0 Å². The van der Waals surface area contributed by atoms with E-state index in [4.69, 9.17) is 0 Å². The Bertz CT molecular complexity index is 456. The number of nitrogens with one attached hydrogen (secondary N) is 1. The quantitative estimate of drug-likeness (QED) is 0.803. The number of aryl methyl sites for hydroxylation is 1. The molecular formula is C12H15NOS. The van der Waals surface area contributed by atoms with Crippen LogP contribution in [-0.2, 0) is 0 Å². The van der Waals surface area contributed by atoms with E-state index in [2.05, 4.69) is 11.9 Å². The van der Waals surface area contributed by atoms with Gasteiger partial charge in [-0.1, -0.05) is 0 Å². The zero-order valence-corrected chi connectivity index (χ0v) is 9.98. The molecule has 0 amide bonds. The van der Waals surface area contributed by atoms with Gasteiger partial charge in [0.1, 0.15) is 6.10 Å². The van der Waals surface area contributed by atoms with Crippen molar-refractivity contribution in [2.24, 2.45) is 0 Å². The first-order chi connectivity index (χ1) is 7.11. The van der Waals surface area contributed by atoms with E-state index in [-0.39, 0.29) is 0 Å². The summed E-state index contributed by atoms with van der Waals surface area (Å²) >= 11 is 1.61. The monoisotopic (exact) mass is 221 g/mol. The molecule has 0 aliphatic rings. The number of aromatic amines is 1. The van der Waals surface area contributed by atoms with Crippen LogP contribution in [0.4, 0.5) is 0 Å². The van der Waals surface area contributed by atoms with Gasteiger partial charge < -0.3 is 10.1 Å². The average molecular weight is 221 g/mol. The molecule has 0 radical (unpaired) electrons. The van der Waals surface area contributed by atoms with Gasteiger partial charge in [-0.05, 0) is 54.3 Å². The largest absolute Gasteiger partial charge is 0.382 e. The molecule has 0 aliphatic heterocycles. The third-order valence-corrected chi connectivity index (χ3v) is 3.68. The molecule has 0 aromatic carbocycles. The molecule has 2 rings (SSSR count). The minimum absolute atomic E-state index is 0.524. The lowest BCUT2D eigenvalue weighted by Gasteiger charge is -2.08. The van der Waals surface area contributed by atoms with Crippen molar-refractivity contribution >= 4 is 11.3 Å². The van der Waals surface area contributed by atoms with Crippen LogP contribution in [0.25, 0.3) is 0 Å². The minimum atomic E-state index is -0.524. The Morgan fingerprint density at radius 2 is 2.00 bits per heavy atom. The van der Waals surface area contributed by atoms with E-state index in [1.807, 2.05) is 30.7 Å². The van der Waals surface area contributed by atoms with Crippen LogP contribution < -0.4 is 0 Å². The average Bonchev–Trinajstić information content (AvgIpc) is 2.82. The fraction of sp³-hybridized carbons (Fsp3) is 0.333. The van der Waals surface area contributed by atoms with Crippen molar-refractivity contribution in [2.75, 3.05) is 0 Å². The van der Waals surface area contributed by atoms with Crippen LogP contribution in [0.2, 0.25) is 0 Å². The highest BCUT2D eigenvalue weighted by molar-refractivity contribution is 7.07. The van der Waals surface area contributed by atoms with Crippen LogP contribution in [0.3, 0.4) is 0 Å². The number of aliphatic hydroxyl groups is 1. The number of hydrogen-bond donors (Lipinski definition) is 2. The van der Waals surface area contributed by atoms with Crippen LogP contribution in [0.1, 0.15) is 34.2 Å². The van der Waals surface area contributed by atoms with Gasteiger partial charge in [0.25, 0.3) is 0 Å². The molecule has 2 nitrogen and oxygen atoms in total. The van der Waals surface area contributed by atoms with Gasteiger partial charge in [-0.25, -0.2) is 0 Å². The van der Waals surface area contributed by atoms with Gasteiger partial charge in [-0.2, -0.15) is 11.3 Å². The number of aliphatic hydroxyl groups excluding tert-OH is 1. The summed E-state index contributed by atoms with van der Waals surface area (Å²) in [7, 11) is 0. The van der Waals surface area contributed by atoms with Crippen LogP contribution in [0, 0.1) is 20.8 Å². The molecule has 0 bridgehead atoms. The molecule has 0 fully saturated rings. The highest BCUT2D eigenvalue weighted by atomic mass is 32.1. The van der Waals surface area contributed by atoms with Crippen LogP contribution in [0.5, 0.6) is 0 Å². The van der Waals surface area contributed by atoms with Gasteiger partial charge >= 0.3 is 0 Å². The Kier molecular flexibility index (Phi) is 2.67. The second-order valence-corrected chi connectivity index (χ2v) is 4.65. The molecule has 0 saturated heterocycles. The van der Waals surface area contributed by atoms with Crippen molar-refractivity contribution in [1.82, 2.24) is 4.98 Å². The molecule has 0 aliphatic carbocycles. The van der Waals surface area contributed by atoms with Crippen molar-refractivity contribution in [3.8, 4) is 0 Å². The van der Waals surface area contributed by atoms with E-state index in [0.717, 1.165) is 22.5 Å². The number of H-pyrrole nitrogens is 1. The molecule has 15 heavy (non-hydrogen) atoms. The maximum atomic E-state index is 10.2. The summed E-state index contributed by atoms with van der Waals surface area (Å²) in [6.45, 7) is 6.15. The molecule has 0 spiro atoms. The second-order valence-electron chi connectivity index (χ2n) is 3.87. The lowest BCUT2D eigenvalue weighted by Crippen LogP contribution is -2.00. The molecule has 80 valence electrons. The van der Waals surface area contributed by atoms with Gasteiger partial charge in [0.2, 0.25) is 0 Å². The van der Waals surface area contributed by atoms with Crippen LogP contribution in [0.15, 0.2) is 16.8 Å². The summed E-state index contributed by atoms with van der Waals surface area (Å²) < 4.78 is 0. The Morgan fingerprint density at radius 3 is 2.47 bits per heavy atom. The summed E-state index contributed by atoms with van der Waals surface area (Å²) in [5, 5.41) is 14.1. The fourth-order valence-electron chi connectivity index (χ4n) is 1.74. The molecule has 2 aromatic rings. The molecule has 1 atom stereocenters. The first-order valence-electron chi connectivity index (χ1n) is 4.97. The third kappa shape index (κ3) is 1.73. The molecule has 2 heterocycles. The minimum Gasteiger partial charge on any atom is -0.382 e. The van der Waals surface area contributed by atoms with Gasteiger partial charge in [0.15, 0.2) is 0 Å². The maximum Gasteiger partial charge on any atom is 0.120 e. The smallest absolute Gasteiger partial charge is 0.120 e. The second kappa shape index (κ2) is 3.83. The summed E-state index contributed by atoms with van der Waals surface area (Å²) in [4.78, 5) is 3.26. The summed E-state index contributed by atoms with van der Waals surface area (Å²) in [5.74, 6) is 0. The van der Waals surface area contributed by atoms with E-state index in [1.54, 1.807) is 11.3 Å². The highest BCUT2D eigenvalue weighted by Gasteiger charge is 2.17. The lowest BCUT2D eigenvalue weighted by molar-refractivity contribution is 0.215. The van der Waals surface area contributed by atoms with Crippen molar-refractivity contribution in [3.05, 3.63) is 44.9 Å². The first-order valence-corrected chi connectivity index (χ1v) is 5.91. The van der Waals surface area contributed by atoms with E-state index < -0.39 is 6.10 Å². The summed E-state index contributed by atoms with van der Waals surface area (Å²) in [5.41, 5.74) is 5.41. The SMILES string of the molecule is Cc1[nH]c(C(O)c2ccsc2)c(C)c1C. The topological polar surface area (TPSA) is 36.0 Å². The number of thiophene rings is 1. The molecule has 3 heteroatoms. The summed E-state index contributed by atoms with van der Waals surface area (Å²) in [6.07, 6.45) is -0.524. The fourth-order valence-corrected chi connectivity index (χ4v) is 2.42. The molecule has 0 saturated carbocycles. The predicted octanol–water partition coefficient (Wildman–Crippen LogP) is 3.08. The molecule has 1 unspecified atom stereocenters. The standard InChI is InChI=1S/C12H15NOS/c1-7-8(2)11(13-9(7)3)12(14)10-4-5-15-6-10/h4-6,12-14H,1-3H3. The number of aromatic nitrogens is 1.